The molecule has 0 saturated heterocycles. The molecule has 3 aromatic heterocycles. The number of carbonyl (C=O) groups excluding carboxylic acids is 1. The van der Waals surface area contributed by atoms with Crippen LogP contribution in [0, 0.1) is 0 Å². The van der Waals surface area contributed by atoms with Gasteiger partial charge in [-0.25, -0.2) is 9.97 Å². The van der Waals surface area contributed by atoms with E-state index < -0.39 is 0 Å². The van der Waals surface area contributed by atoms with Gasteiger partial charge in [0, 0.05) is 36.9 Å². The van der Waals surface area contributed by atoms with Gasteiger partial charge in [-0.1, -0.05) is 13.8 Å². The Morgan fingerprint density at radius 3 is 2.56 bits per heavy atom. The number of aromatic nitrogens is 5. The minimum atomic E-state index is -0.260. The maximum atomic E-state index is 12.3. The molecule has 0 fully saturated rings. The van der Waals surface area contributed by atoms with Crippen molar-refractivity contribution in [1.29, 1.82) is 0 Å². The first-order valence-corrected chi connectivity index (χ1v) is 7.90. The van der Waals surface area contributed by atoms with Crippen molar-refractivity contribution in [2.75, 3.05) is 5.32 Å². The summed E-state index contributed by atoms with van der Waals surface area (Å²) in [7, 11) is 0. The predicted molar refractivity (Wildman–Crippen MR) is 95.1 cm³/mol. The van der Waals surface area contributed by atoms with Crippen molar-refractivity contribution in [2.24, 2.45) is 0 Å². The molecule has 0 atom stereocenters. The molecule has 7 nitrogen and oxygen atoms in total. The van der Waals surface area contributed by atoms with Gasteiger partial charge in [0.2, 0.25) is 5.91 Å². The van der Waals surface area contributed by atoms with Crippen LogP contribution in [0.1, 0.15) is 31.0 Å². The summed E-state index contributed by atoms with van der Waals surface area (Å²) in [5.41, 5.74) is 1.74. The number of amides is 1. The Balaban J connectivity index is 1.84. The number of nitrogens with zero attached hydrogens (tertiary/aromatic N) is 5. The summed E-state index contributed by atoms with van der Waals surface area (Å²) in [5, 5.41) is 7.33. The van der Waals surface area contributed by atoms with Crippen molar-refractivity contribution in [3.05, 3.63) is 66.4 Å². The Hall–Kier alpha value is -3.35. The number of pyridine rings is 1. The molecule has 3 rings (SSSR count). The smallest absolute Gasteiger partial charge is 0.252 e. The highest BCUT2D eigenvalue weighted by atomic mass is 16.1. The molecular weight excluding hydrogens is 316 g/mol. The third kappa shape index (κ3) is 4.14. The minimum Gasteiger partial charge on any atom is -0.307 e. The molecule has 1 amide bonds. The Labute approximate surface area is 145 Å². The number of hydrogen-bond acceptors (Lipinski definition) is 5. The van der Waals surface area contributed by atoms with Crippen molar-refractivity contribution in [2.45, 2.75) is 19.8 Å². The van der Waals surface area contributed by atoms with Gasteiger partial charge in [0.1, 0.15) is 5.82 Å². The van der Waals surface area contributed by atoms with Crippen LogP contribution in [-0.2, 0) is 4.79 Å². The summed E-state index contributed by atoms with van der Waals surface area (Å²) in [6.07, 6.45) is 9.80. The van der Waals surface area contributed by atoms with Gasteiger partial charge in [0.25, 0.3) is 5.95 Å². The van der Waals surface area contributed by atoms with Crippen LogP contribution in [0.15, 0.2) is 55.1 Å². The summed E-state index contributed by atoms with van der Waals surface area (Å²) in [5.74, 6) is 0.888. The fourth-order valence-corrected chi connectivity index (χ4v) is 2.14. The lowest BCUT2D eigenvalue weighted by Gasteiger charge is -2.05. The normalized spacial score (nSPS) is 11.2. The highest BCUT2D eigenvalue weighted by Crippen LogP contribution is 2.20. The van der Waals surface area contributed by atoms with E-state index in [1.54, 1.807) is 36.9 Å². The van der Waals surface area contributed by atoms with E-state index >= 15 is 0 Å². The van der Waals surface area contributed by atoms with E-state index in [1.807, 2.05) is 32.0 Å². The highest BCUT2D eigenvalue weighted by Gasteiger charge is 2.14. The van der Waals surface area contributed by atoms with Crippen LogP contribution < -0.4 is 5.32 Å². The Morgan fingerprint density at radius 1 is 1.16 bits per heavy atom. The zero-order valence-corrected chi connectivity index (χ0v) is 14.0. The van der Waals surface area contributed by atoms with E-state index in [0.29, 0.717) is 11.8 Å². The van der Waals surface area contributed by atoms with Crippen molar-refractivity contribution in [3.8, 4) is 5.95 Å². The molecule has 0 unspecified atom stereocenters. The Bertz CT molecular complexity index is 871. The summed E-state index contributed by atoms with van der Waals surface area (Å²) in [4.78, 5) is 24.6. The molecule has 0 aromatic carbocycles. The van der Waals surface area contributed by atoms with Gasteiger partial charge in [0.05, 0.1) is 5.69 Å². The van der Waals surface area contributed by atoms with Crippen LogP contribution in [0.3, 0.4) is 0 Å². The lowest BCUT2D eigenvalue weighted by molar-refractivity contribution is -0.111. The fraction of sp³-hybridized carbons (Fsp3) is 0.167. The van der Waals surface area contributed by atoms with Crippen molar-refractivity contribution >= 4 is 17.8 Å². The second-order valence-corrected chi connectivity index (χ2v) is 5.67. The summed E-state index contributed by atoms with van der Waals surface area (Å²) in [6.45, 7) is 4.07. The molecule has 0 saturated carbocycles. The Kier molecular flexibility index (Phi) is 4.94. The number of rotatable bonds is 5. The fourth-order valence-electron chi connectivity index (χ4n) is 2.14. The van der Waals surface area contributed by atoms with E-state index in [-0.39, 0.29) is 11.8 Å². The van der Waals surface area contributed by atoms with E-state index in [4.69, 9.17) is 0 Å². The summed E-state index contributed by atoms with van der Waals surface area (Å²) in [6, 6.07) is 7.21. The van der Waals surface area contributed by atoms with E-state index in [2.05, 4.69) is 25.4 Å². The van der Waals surface area contributed by atoms with Crippen molar-refractivity contribution < 1.29 is 4.79 Å². The van der Waals surface area contributed by atoms with Crippen LogP contribution >= 0.6 is 0 Å². The van der Waals surface area contributed by atoms with E-state index in [9.17, 15) is 4.79 Å². The third-order valence-electron chi connectivity index (χ3n) is 3.45. The lowest BCUT2D eigenvalue weighted by atomic mass is 10.1. The lowest BCUT2D eigenvalue weighted by Crippen LogP contribution is -2.13. The second kappa shape index (κ2) is 7.48. The number of carbonyl (C=O) groups is 1. The minimum absolute atomic E-state index is 0.216. The zero-order chi connectivity index (χ0) is 17.6. The topological polar surface area (TPSA) is 85.6 Å². The van der Waals surface area contributed by atoms with Gasteiger partial charge in [-0.3, -0.25) is 9.78 Å². The zero-order valence-electron chi connectivity index (χ0n) is 14.0. The molecule has 3 aromatic rings. The van der Waals surface area contributed by atoms with E-state index in [1.165, 1.54) is 10.8 Å². The molecule has 0 bridgehead atoms. The van der Waals surface area contributed by atoms with Crippen molar-refractivity contribution in [1.82, 2.24) is 24.7 Å². The number of anilines is 1. The van der Waals surface area contributed by atoms with Gasteiger partial charge in [-0.2, -0.15) is 9.78 Å². The molecule has 126 valence electrons. The van der Waals surface area contributed by atoms with Crippen LogP contribution in [0.4, 0.5) is 5.82 Å². The molecular formula is C18H18N6O. The van der Waals surface area contributed by atoms with Gasteiger partial charge in [-0.15, -0.1) is 0 Å². The summed E-state index contributed by atoms with van der Waals surface area (Å²) < 4.78 is 1.54. The third-order valence-corrected chi connectivity index (χ3v) is 3.45. The average Bonchev–Trinajstić information content (AvgIpc) is 3.06. The summed E-state index contributed by atoms with van der Waals surface area (Å²) >= 11 is 0. The molecule has 0 aliphatic rings. The Morgan fingerprint density at radius 2 is 1.88 bits per heavy atom. The van der Waals surface area contributed by atoms with Gasteiger partial charge in [0.15, 0.2) is 0 Å². The van der Waals surface area contributed by atoms with Crippen LogP contribution in [0.5, 0.6) is 0 Å². The molecule has 1 N–H and O–H groups in total. The molecule has 0 spiro atoms. The van der Waals surface area contributed by atoms with Gasteiger partial charge < -0.3 is 5.32 Å². The largest absolute Gasteiger partial charge is 0.307 e. The van der Waals surface area contributed by atoms with Gasteiger partial charge in [-0.05, 0) is 35.8 Å². The quantitative estimate of drug-likeness (QED) is 0.725. The maximum absolute atomic E-state index is 12.3. The molecule has 0 radical (unpaired) electrons. The number of nitrogens with one attached hydrogen (secondary N) is 1. The van der Waals surface area contributed by atoms with E-state index in [0.717, 1.165) is 11.3 Å². The van der Waals surface area contributed by atoms with Crippen LogP contribution in [0.2, 0.25) is 0 Å². The van der Waals surface area contributed by atoms with Crippen LogP contribution in [0.25, 0.3) is 12.0 Å². The molecule has 3 heterocycles. The first-order valence-electron chi connectivity index (χ1n) is 7.90. The monoisotopic (exact) mass is 334 g/mol. The first-order chi connectivity index (χ1) is 12.1. The average molecular weight is 334 g/mol. The first kappa shape index (κ1) is 16.5. The number of hydrogen-bond donors (Lipinski definition) is 1. The highest BCUT2D eigenvalue weighted by molar-refractivity contribution is 6.01. The molecule has 25 heavy (non-hydrogen) atoms. The molecule has 0 aliphatic carbocycles. The predicted octanol–water partition coefficient (Wildman–Crippen LogP) is 2.83. The molecule has 7 heteroatoms. The SMILES string of the molecule is CC(C)c1cc(NC(=O)C=Cc2ccncc2)n(-c2ncccn2)n1. The van der Waals surface area contributed by atoms with Crippen LogP contribution in [-0.4, -0.2) is 30.6 Å². The molecule has 0 aliphatic heterocycles. The standard InChI is InChI=1S/C18H18N6O/c1-13(2)15-12-16(24(23-15)18-20-8-3-9-21-18)22-17(25)5-4-14-6-10-19-11-7-14/h3-13H,1-2H3,(H,22,25). The van der Waals surface area contributed by atoms with Gasteiger partial charge >= 0.3 is 0 Å². The second-order valence-electron chi connectivity index (χ2n) is 5.67. The maximum Gasteiger partial charge on any atom is 0.252 e. The van der Waals surface area contributed by atoms with Crippen molar-refractivity contribution in [3.63, 3.8) is 0 Å².